The van der Waals surface area contributed by atoms with Crippen LogP contribution in [0, 0.1) is 0 Å². The van der Waals surface area contributed by atoms with Gasteiger partial charge in [-0.05, 0) is 53.6 Å². The number of hydrogen-bond acceptors (Lipinski definition) is 3. The van der Waals surface area contributed by atoms with Crippen LogP contribution in [0.5, 0.6) is 0 Å². The Morgan fingerprint density at radius 1 is 1.07 bits per heavy atom. The number of benzene rings is 2. The van der Waals surface area contributed by atoms with Crippen LogP contribution in [0.25, 0.3) is 0 Å². The Morgan fingerprint density at radius 2 is 1.79 bits per heavy atom. The summed E-state index contributed by atoms with van der Waals surface area (Å²) in [5, 5.41) is 11.9. The van der Waals surface area contributed by atoms with Crippen LogP contribution in [0.3, 0.4) is 0 Å². The molecule has 0 fully saturated rings. The second kappa shape index (κ2) is 8.57. The first-order chi connectivity index (χ1) is 13.3. The lowest BCUT2D eigenvalue weighted by molar-refractivity contribution is -0.126. The van der Waals surface area contributed by atoms with Gasteiger partial charge < -0.3 is 10.4 Å². The molecule has 1 unspecified atom stereocenters. The maximum atomic E-state index is 12.6. The number of carbonyl (C=O) groups excluding carboxylic acids is 1. The van der Waals surface area contributed by atoms with Crippen molar-refractivity contribution in [3.63, 3.8) is 0 Å². The van der Waals surface area contributed by atoms with E-state index in [2.05, 4.69) is 42.3 Å². The molecule has 1 heterocycles. The fraction of sp³-hybridized carbons (Fsp3) is 0.391. The molecule has 1 atom stereocenters. The molecule has 0 bridgehead atoms. The Balaban J connectivity index is 1.59. The van der Waals surface area contributed by atoms with Crippen LogP contribution in [0.15, 0.2) is 42.5 Å². The molecule has 0 saturated carbocycles. The molecule has 5 nitrogen and oxygen atoms in total. The highest BCUT2D eigenvalue weighted by Gasteiger charge is 2.25. The van der Waals surface area contributed by atoms with Gasteiger partial charge in [0.2, 0.25) is 5.91 Å². The van der Waals surface area contributed by atoms with Crippen molar-refractivity contribution in [1.82, 2.24) is 10.2 Å². The van der Waals surface area contributed by atoms with Crippen LogP contribution in [-0.2, 0) is 24.3 Å². The maximum Gasteiger partial charge on any atom is 0.335 e. The third kappa shape index (κ3) is 4.60. The van der Waals surface area contributed by atoms with Gasteiger partial charge >= 0.3 is 5.97 Å². The SMILES string of the molecule is CC(C)c1ccc2c(c1)CN(C(C)C(=O)NCc1ccc(C(=O)O)cc1)CC2. The second-order valence-corrected chi connectivity index (χ2v) is 7.80. The minimum atomic E-state index is -0.949. The van der Waals surface area contributed by atoms with E-state index in [0.29, 0.717) is 12.5 Å². The topological polar surface area (TPSA) is 69.6 Å². The molecule has 3 rings (SSSR count). The monoisotopic (exact) mass is 380 g/mol. The van der Waals surface area contributed by atoms with Crippen molar-refractivity contribution in [2.45, 2.75) is 52.2 Å². The van der Waals surface area contributed by atoms with Gasteiger partial charge in [-0.25, -0.2) is 4.79 Å². The minimum absolute atomic E-state index is 0.00854. The summed E-state index contributed by atoms with van der Waals surface area (Å²) in [4.78, 5) is 25.8. The third-order valence-corrected chi connectivity index (χ3v) is 5.53. The highest BCUT2D eigenvalue weighted by Crippen LogP contribution is 2.25. The predicted molar refractivity (Wildman–Crippen MR) is 109 cm³/mol. The van der Waals surface area contributed by atoms with E-state index in [4.69, 9.17) is 5.11 Å². The number of carboxylic acids is 1. The van der Waals surface area contributed by atoms with Crippen LogP contribution in [0.4, 0.5) is 0 Å². The van der Waals surface area contributed by atoms with Gasteiger partial charge in [0.25, 0.3) is 0 Å². The van der Waals surface area contributed by atoms with Crippen LogP contribution in [0.2, 0.25) is 0 Å². The van der Waals surface area contributed by atoms with Crippen LogP contribution in [-0.4, -0.2) is 34.5 Å². The van der Waals surface area contributed by atoms with Crippen LogP contribution >= 0.6 is 0 Å². The molecule has 5 heteroatoms. The van der Waals surface area contributed by atoms with E-state index in [9.17, 15) is 9.59 Å². The Morgan fingerprint density at radius 3 is 2.43 bits per heavy atom. The van der Waals surface area contributed by atoms with Crippen molar-refractivity contribution in [3.8, 4) is 0 Å². The second-order valence-electron chi connectivity index (χ2n) is 7.80. The Bertz CT molecular complexity index is 859. The van der Waals surface area contributed by atoms with Gasteiger partial charge in [-0.3, -0.25) is 9.69 Å². The predicted octanol–water partition coefficient (Wildman–Crippen LogP) is 3.57. The zero-order chi connectivity index (χ0) is 20.3. The molecule has 148 valence electrons. The van der Waals surface area contributed by atoms with Gasteiger partial charge in [0, 0.05) is 19.6 Å². The highest BCUT2D eigenvalue weighted by molar-refractivity contribution is 5.87. The van der Waals surface area contributed by atoms with E-state index in [-0.39, 0.29) is 17.5 Å². The smallest absolute Gasteiger partial charge is 0.335 e. The normalized spacial score (nSPS) is 15.1. The van der Waals surface area contributed by atoms with Gasteiger partial charge in [-0.2, -0.15) is 0 Å². The van der Waals surface area contributed by atoms with Gasteiger partial charge in [-0.15, -0.1) is 0 Å². The van der Waals surface area contributed by atoms with E-state index in [1.54, 1.807) is 24.3 Å². The van der Waals surface area contributed by atoms with Gasteiger partial charge in [0.05, 0.1) is 11.6 Å². The lowest BCUT2D eigenvalue weighted by atomic mass is 9.93. The minimum Gasteiger partial charge on any atom is -0.478 e. The largest absolute Gasteiger partial charge is 0.478 e. The standard InChI is InChI=1S/C23H28N2O3/c1-15(2)20-9-8-18-10-11-25(14-21(18)12-20)16(3)22(26)24-13-17-4-6-19(7-5-17)23(27)28/h4-9,12,15-16H,10-11,13-14H2,1-3H3,(H,24,26)(H,27,28). The summed E-state index contributed by atoms with van der Waals surface area (Å²) in [6.45, 7) is 8.39. The van der Waals surface area contributed by atoms with Crippen molar-refractivity contribution < 1.29 is 14.7 Å². The number of rotatable bonds is 6. The first-order valence-electron chi connectivity index (χ1n) is 9.81. The lowest BCUT2D eigenvalue weighted by Crippen LogP contribution is -2.46. The highest BCUT2D eigenvalue weighted by atomic mass is 16.4. The first kappa shape index (κ1) is 20.1. The Hall–Kier alpha value is -2.66. The molecule has 1 amide bonds. The van der Waals surface area contributed by atoms with Gasteiger partial charge in [-0.1, -0.05) is 44.2 Å². The molecule has 1 aliphatic heterocycles. The summed E-state index contributed by atoms with van der Waals surface area (Å²) < 4.78 is 0. The van der Waals surface area contributed by atoms with E-state index in [0.717, 1.165) is 25.1 Å². The number of aromatic carboxylic acids is 1. The summed E-state index contributed by atoms with van der Waals surface area (Å²) >= 11 is 0. The summed E-state index contributed by atoms with van der Waals surface area (Å²) in [6, 6.07) is 13.1. The third-order valence-electron chi connectivity index (χ3n) is 5.53. The lowest BCUT2D eigenvalue weighted by Gasteiger charge is -2.33. The zero-order valence-electron chi connectivity index (χ0n) is 16.7. The van der Waals surface area contributed by atoms with E-state index < -0.39 is 5.97 Å². The van der Waals surface area contributed by atoms with E-state index in [1.165, 1.54) is 16.7 Å². The van der Waals surface area contributed by atoms with Gasteiger partial charge in [0.1, 0.15) is 0 Å². The van der Waals surface area contributed by atoms with Crippen molar-refractivity contribution in [2.24, 2.45) is 0 Å². The summed E-state index contributed by atoms with van der Waals surface area (Å²) in [6.07, 6.45) is 0.960. The number of carboxylic acid groups (broad SMARTS) is 1. The fourth-order valence-electron chi connectivity index (χ4n) is 3.56. The molecule has 2 aromatic carbocycles. The first-order valence-corrected chi connectivity index (χ1v) is 9.81. The summed E-state index contributed by atoms with van der Waals surface area (Å²) in [5.41, 5.74) is 5.17. The molecule has 0 radical (unpaired) electrons. The number of fused-ring (bicyclic) bond motifs is 1. The van der Waals surface area contributed by atoms with Crippen molar-refractivity contribution in [3.05, 3.63) is 70.3 Å². The number of carbonyl (C=O) groups is 2. The number of amides is 1. The number of hydrogen-bond donors (Lipinski definition) is 2. The average Bonchev–Trinajstić information content (AvgIpc) is 2.70. The van der Waals surface area contributed by atoms with Crippen LogP contribution < -0.4 is 5.32 Å². The average molecular weight is 380 g/mol. The molecule has 28 heavy (non-hydrogen) atoms. The Labute approximate surface area is 166 Å². The zero-order valence-corrected chi connectivity index (χ0v) is 16.7. The van der Waals surface area contributed by atoms with Crippen LogP contribution in [0.1, 0.15) is 59.3 Å². The quantitative estimate of drug-likeness (QED) is 0.804. The molecule has 0 aromatic heterocycles. The van der Waals surface area contributed by atoms with Crippen molar-refractivity contribution >= 4 is 11.9 Å². The fourth-order valence-corrected chi connectivity index (χ4v) is 3.56. The Kier molecular flexibility index (Phi) is 6.15. The molecule has 0 aliphatic carbocycles. The molecular formula is C23H28N2O3. The van der Waals surface area contributed by atoms with E-state index in [1.807, 2.05) is 6.92 Å². The number of nitrogens with zero attached hydrogens (tertiary/aromatic N) is 1. The molecule has 0 saturated heterocycles. The van der Waals surface area contributed by atoms with Gasteiger partial charge in [0.15, 0.2) is 0 Å². The van der Waals surface area contributed by atoms with Crippen molar-refractivity contribution in [2.75, 3.05) is 6.54 Å². The molecule has 1 aliphatic rings. The molecule has 2 N–H and O–H groups in total. The maximum absolute atomic E-state index is 12.6. The molecule has 2 aromatic rings. The summed E-state index contributed by atoms with van der Waals surface area (Å²) in [5.74, 6) is -0.463. The molecule has 0 spiro atoms. The molecular weight excluding hydrogens is 352 g/mol. The van der Waals surface area contributed by atoms with Crippen molar-refractivity contribution in [1.29, 1.82) is 0 Å². The summed E-state index contributed by atoms with van der Waals surface area (Å²) in [7, 11) is 0. The number of nitrogens with one attached hydrogen (secondary N) is 1. The van der Waals surface area contributed by atoms with E-state index >= 15 is 0 Å².